The summed E-state index contributed by atoms with van der Waals surface area (Å²) < 4.78 is 26.5. The molecule has 2 aliphatic rings. The van der Waals surface area contributed by atoms with Crippen LogP contribution in [-0.4, -0.2) is 25.4 Å². The second kappa shape index (κ2) is 6.91. The van der Waals surface area contributed by atoms with Crippen LogP contribution >= 0.6 is 0 Å². The normalized spacial score (nSPS) is 20.6. The zero-order valence-electron chi connectivity index (χ0n) is 14.8. The van der Waals surface area contributed by atoms with E-state index in [1.165, 1.54) is 0 Å². The van der Waals surface area contributed by atoms with Gasteiger partial charge in [-0.25, -0.2) is 8.42 Å². The van der Waals surface area contributed by atoms with Gasteiger partial charge in [-0.15, -0.1) is 0 Å². The van der Waals surface area contributed by atoms with Gasteiger partial charge in [0.05, 0.1) is 15.9 Å². The fraction of sp³-hybridized carbons (Fsp3) is 0.227. The number of ketones is 1. The van der Waals surface area contributed by atoms with E-state index in [1.54, 1.807) is 30.3 Å². The minimum atomic E-state index is -3.71. The van der Waals surface area contributed by atoms with Crippen molar-refractivity contribution in [3.8, 4) is 0 Å². The predicted octanol–water partition coefficient (Wildman–Crippen LogP) is 3.69. The molecule has 4 nitrogen and oxygen atoms in total. The van der Waals surface area contributed by atoms with Gasteiger partial charge in [-0.2, -0.15) is 0 Å². The maximum Gasteiger partial charge on any atom is 0.203 e. The largest absolute Gasteiger partial charge is 0.388 e. The van der Waals surface area contributed by atoms with Crippen LogP contribution < -0.4 is 0 Å². The summed E-state index contributed by atoms with van der Waals surface area (Å²) in [5.41, 5.74) is 2.18. The molecule has 0 spiro atoms. The molecule has 0 saturated carbocycles. The highest BCUT2D eigenvalue weighted by Crippen LogP contribution is 2.44. The molecule has 0 aromatic heterocycles. The van der Waals surface area contributed by atoms with E-state index in [1.807, 2.05) is 30.3 Å². The number of hydrogen-bond acceptors (Lipinski definition) is 4. The van der Waals surface area contributed by atoms with Crippen LogP contribution in [0.3, 0.4) is 0 Å². The van der Waals surface area contributed by atoms with Crippen molar-refractivity contribution in [2.24, 2.45) is 0 Å². The van der Waals surface area contributed by atoms with E-state index >= 15 is 0 Å². The molecule has 1 N–H and O–H groups in total. The summed E-state index contributed by atoms with van der Waals surface area (Å²) in [7, 11) is -3.71. The Kier molecular flexibility index (Phi) is 4.58. The number of allylic oxidation sites excluding steroid dienone is 2. The number of benzene rings is 2. The van der Waals surface area contributed by atoms with Gasteiger partial charge in [0.1, 0.15) is 0 Å². The number of carbonyl (C=O) groups excluding carboxylic acids is 1. The SMILES string of the molecule is O=C1CC2=C(S(=O)(=O)c3ccccc3)CCCC(O)C2=C1c1ccccc1. The van der Waals surface area contributed by atoms with Crippen LogP contribution in [0.2, 0.25) is 0 Å². The first-order chi connectivity index (χ1) is 13.0. The third-order valence-electron chi connectivity index (χ3n) is 5.20. The van der Waals surface area contributed by atoms with Crippen LogP contribution in [0, 0.1) is 0 Å². The lowest BCUT2D eigenvalue weighted by Crippen LogP contribution is -2.11. The van der Waals surface area contributed by atoms with Crippen molar-refractivity contribution in [2.45, 2.75) is 36.7 Å². The molecule has 2 aliphatic carbocycles. The molecule has 5 heteroatoms. The molecule has 0 heterocycles. The first-order valence-electron chi connectivity index (χ1n) is 9.03. The van der Waals surface area contributed by atoms with Crippen LogP contribution in [0.1, 0.15) is 31.2 Å². The molecule has 1 unspecified atom stereocenters. The van der Waals surface area contributed by atoms with Gasteiger partial charge in [0.2, 0.25) is 9.84 Å². The minimum Gasteiger partial charge on any atom is -0.388 e. The Bertz CT molecular complexity index is 1050. The maximum absolute atomic E-state index is 13.3. The van der Waals surface area contributed by atoms with Crippen molar-refractivity contribution in [3.63, 3.8) is 0 Å². The molecule has 27 heavy (non-hydrogen) atoms. The Morgan fingerprint density at radius 2 is 1.56 bits per heavy atom. The van der Waals surface area contributed by atoms with Crippen molar-refractivity contribution in [1.29, 1.82) is 0 Å². The fourth-order valence-corrected chi connectivity index (χ4v) is 5.69. The van der Waals surface area contributed by atoms with E-state index in [2.05, 4.69) is 0 Å². The van der Waals surface area contributed by atoms with E-state index in [-0.39, 0.29) is 22.0 Å². The summed E-state index contributed by atoms with van der Waals surface area (Å²) in [5, 5.41) is 10.7. The number of hydrogen-bond donors (Lipinski definition) is 1. The number of carbonyl (C=O) groups is 1. The average molecular weight is 380 g/mol. The van der Waals surface area contributed by atoms with Gasteiger partial charge >= 0.3 is 0 Å². The molecule has 0 aliphatic heterocycles. The molecule has 0 fully saturated rings. The summed E-state index contributed by atoms with van der Waals surface area (Å²) in [5.74, 6) is -0.132. The van der Waals surface area contributed by atoms with E-state index in [4.69, 9.17) is 0 Å². The standard InChI is InChI=1S/C22H20O4S/c23-18-12-7-13-20(27(25,26)16-10-5-2-6-11-16)17-14-19(24)21(22(17)18)15-8-3-1-4-9-15/h1-6,8-11,18,23H,7,12-14H2. The third-order valence-corrected chi connectivity index (χ3v) is 7.19. The second-order valence-corrected chi connectivity index (χ2v) is 8.85. The average Bonchev–Trinajstić information content (AvgIpc) is 2.94. The van der Waals surface area contributed by atoms with Gasteiger partial charge < -0.3 is 5.11 Å². The zero-order valence-corrected chi connectivity index (χ0v) is 15.6. The maximum atomic E-state index is 13.3. The molecule has 0 saturated heterocycles. The highest BCUT2D eigenvalue weighted by atomic mass is 32.2. The number of sulfone groups is 1. The Balaban J connectivity index is 1.96. The molecule has 4 rings (SSSR count). The Hall–Kier alpha value is -2.50. The van der Waals surface area contributed by atoms with Crippen LogP contribution in [-0.2, 0) is 14.6 Å². The number of fused-ring (bicyclic) bond motifs is 1. The molecular formula is C22H20O4S. The fourth-order valence-electron chi connectivity index (χ4n) is 3.97. The van der Waals surface area contributed by atoms with E-state index in [0.29, 0.717) is 36.0 Å². The smallest absolute Gasteiger partial charge is 0.203 e. The highest BCUT2D eigenvalue weighted by Gasteiger charge is 2.38. The van der Waals surface area contributed by atoms with Crippen molar-refractivity contribution >= 4 is 21.2 Å². The van der Waals surface area contributed by atoms with Gasteiger partial charge in [-0.1, -0.05) is 48.5 Å². The van der Waals surface area contributed by atoms with Gasteiger partial charge in [-0.3, -0.25) is 4.79 Å². The molecule has 138 valence electrons. The van der Waals surface area contributed by atoms with Gasteiger partial charge in [0.25, 0.3) is 0 Å². The molecule has 2 aromatic rings. The summed E-state index contributed by atoms with van der Waals surface area (Å²) >= 11 is 0. The molecular weight excluding hydrogens is 360 g/mol. The lowest BCUT2D eigenvalue weighted by molar-refractivity contribution is -0.112. The second-order valence-electron chi connectivity index (χ2n) is 6.88. The third kappa shape index (κ3) is 3.07. The van der Waals surface area contributed by atoms with Crippen LogP contribution in [0.25, 0.3) is 5.57 Å². The van der Waals surface area contributed by atoms with E-state index < -0.39 is 15.9 Å². The number of aliphatic hydroxyl groups is 1. The van der Waals surface area contributed by atoms with Gasteiger partial charge in [-0.05, 0) is 48.1 Å². The van der Waals surface area contributed by atoms with E-state index in [9.17, 15) is 18.3 Å². The highest BCUT2D eigenvalue weighted by molar-refractivity contribution is 7.95. The van der Waals surface area contributed by atoms with Crippen molar-refractivity contribution in [1.82, 2.24) is 0 Å². The van der Waals surface area contributed by atoms with Gasteiger partial charge in [0.15, 0.2) is 5.78 Å². The first-order valence-corrected chi connectivity index (χ1v) is 10.5. The van der Waals surface area contributed by atoms with Crippen molar-refractivity contribution < 1.29 is 18.3 Å². The van der Waals surface area contributed by atoms with Crippen molar-refractivity contribution in [2.75, 3.05) is 0 Å². The minimum absolute atomic E-state index is 0.0258. The topological polar surface area (TPSA) is 71.4 Å². The Morgan fingerprint density at radius 1 is 0.926 bits per heavy atom. The molecule has 1 atom stereocenters. The summed E-state index contributed by atoms with van der Waals surface area (Å²) in [6.45, 7) is 0. The summed E-state index contributed by atoms with van der Waals surface area (Å²) in [6, 6.07) is 17.5. The predicted molar refractivity (Wildman–Crippen MR) is 103 cm³/mol. The van der Waals surface area contributed by atoms with Crippen LogP contribution in [0.4, 0.5) is 0 Å². The monoisotopic (exact) mass is 380 g/mol. The van der Waals surface area contributed by atoms with Crippen LogP contribution in [0.5, 0.6) is 0 Å². The number of Topliss-reactive ketones (excluding diaryl/α,β-unsaturated/α-hetero) is 1. The quantitative estimate of drug-likeness (QED) is 0.882. The number of aliphatic hydroxyl groups excluding tert-OH is 1. The lowest BCUT2D eigenvalue weighted by Gasteiger charge is -2.14. The molecule has 0 radical (unpaired) electrons. The van der Waals surface area contributed by atoms with Crippen molar-refractivity contribution in [3.05, 3.63) is 82.3 Å². The Morgan fingerprint density at radius 3 is 2.22 bits per heavy atom. The Labute approximate surface area is 158 Å². The van der Waals surface area contributed by atoms with Gasteiger partial charge in [0, 0.05) is 12.0 Å². The number of rotatable bonds is 3. The summed E-state index contributed by atoms with van der Waals surface area (Å²) in [4.78, 5) is 13.3. The van der Waals surface area contributed by atoms with Crippen LogP contribution in [0.15, 0.2) is 81.6 Å². The van der Waals surface area contributed by atoms with E-state index in [0.717, 1.165) is 5.56 Å². The zero-order chi connectivity index (χ0) is 19.0. The molecule has 0 bridgehead atoms. The summed E-state index contributed by atoms with van der Waals surface area (Å²) in [6.07, 6.45) is 0.535. The molecule has 0 amide bonds. The first kappa shape index (κ1) is 17.9. The lowest BCUT2D eigenvalue weighted by atomic mass is 9.96. The molecule has 2 aromatic carbocycles.